The van der Waals surface area contributed by atoms with Crippen molar-refractivity contribution in [3.63, 3.8) is 0 Å². The Kier molecular flexibility index (Phi) is 5.67. The number of fused-ring (bicyclic) bond motifs is 4. The fourth-order valence-corrected chi connectivity index (χ4v) is 5.28. The van der Waals surface area contributed by atoms with Crippen LogP contribution in [0.25, 0.3) is 0 Å². The molecule has 3 heterocycles. The fourth-order valence-electron chi connectivity index (χ4n) is 5.05. The van der Waals surface area contributed by atoms with Gasteiger partial charge in [-0.3, -0.25) is 9.69 Å². The van der Waals surface area contributed by atoms with Gasteiger partial charge in [-0.25, -0.2) is 13.6 Å². The minimum Gasteiger partial charge on any atom is -0.395 e. The third kappa shape index (κ3) is 4.10. The number of amides is 3. The lowest BCUT2D eigenvalue weighted by Gasteiger charge is -2.27. The van der Waals surface area contributed by atoms with Crippen molar-refractivity contribution in [1.29, 1.82) is 0 Å². The summed E-state index contributed by atoms with van der Waals surface area (Å²) < 4.78 is 106. The molecule has 3 aromatic carbocycles. The maximum absolute atomic E-state index is 14.1. The molecule has 0 bridgehead atoms. The molecule has 0 spiro atoms. The van der Waals surface area contributed by atoms with Gasteiger partial charge in [-0.1, -0.05) is 11.6 Å². The van der Waals surface area contributed by atoms with Gasteiger partial charge >= 0.3 is 18.5 Å². The second kappa shape index (κ2) is 8.63. The molecule has 0 aliphatic carbocycles. The van der Waals surface area contributed by atoms with E-state index in [1.807, 2.05) is 0 Å². The highest BCUT2D eigenvalue weighted by atomic mass is 35.5. The number of carbonyl (C=O) groups is 2. The first-order valence-corrected chi connectivity index (χ1v) is 11.9. The third-order valence-electron chi connectivity index (χ3n) is 6.83. The molecule has 0 aromatic heterocycles. The van der Waals surface area contributed by atoms with Crippen molar-refractivity contribution in [1.82, 2.24) is 5.32 Å². The van der Waals surface area contributed by atoms with E-state index in [-0.39, 0.29) is 16.1 Å². The Bertz CT molecular complexity index is 1670. The predicted octanol–water partition coefficient (Wildman–Crippen LogP) is 5.57. The highest BCUT2D eigenvalue weighted by molar-refractivity contribution is 6.31. The number of hydrogen-bond donors (Lipinski definition) is 3. The minimum atomic E-state index is -5.33. The average molecular weight is 604 g/mol. The second-order valence-corrected chi connectivity index (χ2v) is 9.72. The summed E-state index contributed by atoms with van der Waals surface area (Å²) in [5.74, 6) is -4.28. The highest BCUT2D eigenvalue weighted by Crippen LogP contribution is 2.53. The van der Waals surface area contributed by atoms with Gasteiger partial charge in [0.1, 0.15) is 11.6 Å². The molecule has 0 fully saturated rings. The van der Waals surface area contributed by atoms with Gasteiger partial charge < -0.3 is 25.2 Å². The Morgan fingerprint density at radius 1 is 1.10 bits per heavy atom. The molecule has 0 saturated carbocycles. The van der Waals surface area contributed by atoms with Crippen LogP contribution in [0.3, 0.4) is 0 Å². The topological polar surface area (TPSA) is 100 Å². The van der Waals surface area contributed by atoms with Gasteiger partial charge in [-0.05, 0) is 36.4 Å². The number of alkyl halides is 5. The van der Waals surface area contributed by atoms with E-state index in [9.17, 15) is 45.4 Å². The van der Waals surface area contributed by atoms with E-state index in [4.69, 9.17) is 11.6 Å². The number of benzene rings is 3. The Hall–Kier alpha value is -4.24. The SMILES string of the molecule is O=C1N[C@@H](c2cc(F)ccc2Cl)c2c(NC(=O)N3C[C@@](O)(C(F)(F)F)c4cc(F)ccc43)cc3c(c21)OC(F)(F)O3. The van der Waals surface area contributed by atoms with E-state index in [0.717, 1.165) is 36.4 Å². The summed E-state index contributed by atoms with van der Waals surface area (Å²) in [6, 6.07) is 3.34. The van der Waals surface area contributed by atoms with Gasteiger partial charge in [0.15, 0.2) is 11.5 Å². The molecule has 3 aromatic rings. The number of nitrogens with one attached hydrogen (secondary N) is 2. The van der Waals surface area contributed by atoms with Crippen LogP contribution in [0.4, 0.5) is 46.9 Å². The van der Waals surface area contributed by atoms with Crippen molar-refractivity contribution >= 4 is 34.9 Å². The molecular formula is C25H13ClF7N3O5. The van der Waals surface area contributed by atoms with Crippen molar-refractivity contribution in [2.24, 2.45) is 0 Å². The lowest BCUT2D eigenvalue weighted by Crippen LogP contribution is -2.48. The summed E-state index contributed by atoms with van der Waals surface area (Å²) in [5.41, 5.74) is -6.30. The standard InChI is InChI=1S/C25H13ClF7N3O5/c26-13-3-1-9(27)5-11(13)19-17-14(7-16-20(18(17)21(37)35-19)41-25(32,33)40-16)34-22(38)36-8-23(39,24(29,30)31)12-6-10(28)2-4-15(12)36/h1-7,19,39H,8H2,(H,34,38)(H,35,37)/t19-,23-/m0/s1. The van der Waals surface area contributed by atoms with Crippen LogP contribution in [-0.4, -0.2) is 36.1 Å². The lowest BCUT2D eigenvalue weighted by atomic mass is 9.95. The second-order valence-electron chi connectivity index (χ2n) is 9.32. The monoisotopic (exact) mass is 603 g/mol. The Morgan fingerprint density at radius 2 is 1.78 bits per heavy atom. The van der Waals surface area contributed by atoms with Crippen LogP contribution in [0, 0.1) is 11.6 Å². The number of anilines is 2. The van der Waals surface area contributed by atoms with Crippen LogP contribution in [0.5, 0.6) is 11.5 Å². The summed E-state index contributed by atoms with van der Waals surface area (Å²) in [4.78, 5) is 26.8. The van der Waals surface area contributed by atoms with E-state index in [0.29, 0.717) is 11.0 Å². The Labute approximate surface area is 229 Å². The normalized spacial score (nSPS) is 21.9. The average Bonchev–Trinajstić information content (AvgIpc) is 3.49. The molecule has 0 radical (unpaired) electrons. The number of urea groups is 1. The number of hydrogen-bond acceptors (Lipinski definition) is 5. The number of ether oxygens (including phenoxy) is 2. The molecule has 2 atom stereocenters. The summed E-state index contributed by atoms with van der Waals surface area (Å²) in [7, 11) is 0. The van der Waals surface area contributed by atoms with E-state index in [1.165, 1.54) is 0 Å². The highest BCUT2D eigenvalue weighted by Gasteiger charge is 2.61. The molecule has 0 saturated heterocycles. The zero-order valence-electron chi connectivity index (χ0n) is 19.9. The molecule has 3 aliphatic heterocycles. The van der Waals surface area contributed by atoms with E-state index < -0.39 is 88.2 Å². The van der Waals surface area contributed by atoms with Gasteiger partial charge in [0.05, 0.1) is 29.5 Å². The maximum atomic E-state index is 14.1. The first-order valence-electron chi connectivity index (χ1n) is 11.5. The van der Waals surface area contributed by atoms with Crippen LogP contribution < -0.4 is 25.0 Å². The first kappa shape index (κ1) is 27.0. The van der Waals surface area contributed by atoms with Crippen molar-refractivity contribution < 1.29 is 54.9 Å². The molecule has 3 N–H and O–H groups in total. The Morgan fingerprint density at radius 3 is 2.49 bits per heavy atom. The van der Waals surface area contributed by atoms with Gasteiger partial charge in [0.2, 0.25) is 5.60 Å². The number of aliphatic hydroxyl groups is 1. The molecule has 3 amide bonds. The first-order chi connectivity index (χ1) is 19.1. The summed E-state index contributed by atoms with van der Waals surface area (Å²) in [5, 5.41) is 15.1. The molecule has 8 nitrogen and oxygen atoms in total. The van der Waals surface area contributed by atoms with Gasteiger partial charge in [-0.15, -0.1) is 8.78 Å². The Balaban J connectivity index is 1.47. The lowest BCUT2D eigenvalue weighted by molar-refractivity contribution is -0.286. The van der Waals surface area contributed by atoms with Crippen LogP contribution >= 0.6 is 11.6 Å². The van der Waals surface area contributed by atoms with Crippen molar-refractivity contribution in [2.45, 2.75) is 24.1 Å². The number of carbonyl (C=O) groups excluding carboxylic acids is 2. The van der Waals surface area contributed by atoms with Gasteiger partial charge in [-0.2, -0.15) is 13.2 Å². The molecule has 6 rings (SSSR count). The van der Waals surface area contributed by atoms with Crippen LogP contribution in [-0.2, 0) is 5.60 Å². The zero-order chi connectivity index (χ0) is 29.6. The summed E-state index contributed by atoms with van der Waals surface area (Å²) in [6.07, 6.45) is -9.54. The van der Waals surface area contributed by atoms with Gasteiger partial charge in [0.25, 0.3) is 5.91 Å². The minimum absolute atomic E-state index is 0.0478. The van der Waals surface area contributed by atoms with E-state index in [2.05, 4.69) is 20.1 Å². The molecule has 214 valence electrons. The molecule has 3 aliphatic rings. The summed E-state index contributed by atoms with van der Waals surface area (Å²) >= 11 is 6.20. The number of halogens is 8. The number of rotatable bonds is 2. The number of nitrogens with zero attached hydrogens (tertiary/aromatic N) is 1. The molecule has 16 heteroatoms. The number of β-amino-alcohol motifs (C(OH)–C–C–N with tert-alkyl or cyclic N) is 1. The fraction of sp³-hybridized carbons (Fsp3) is 0.200. The van der Waals surface area contributed by atoms with E-state index in [1.54, 1.807) is 0 Å². The molecule has 0 unspecified atom stereocenters. The third-order valence-corrected chi connectivity index (χ3v) is 7.18. The predicted molar refractivity (Wildman–Crippen MR) is 126 cm³/mol. The maximum Gasteiger partial charge on any atom is 0.586 e. The quantitative estimate of drug-likeness (QED) is 0.333. The van der Waals surface area contributed by atoms with Crippen LogP contribution in [0.15, 0.2) is 42.5 Å². The zero-order valence-corrected chi connectivity index (χ0v) is 20.6. The van der Waals surface area contributed by atoms with E-state index >= 15 is 0 Å². The van der Waals surface area contributed by atoms with Crippen molar-refractivity contribution in [3.05, 3.63) is 81.4 Å². The van der Waals surface area contributed by atoms with Crippen LogP contribution in [0.2, 0.25) is 5.02 Å². The molecule has 41 heavy (non-hydrogen) atoms. The van der Waals surface area contributed by atoms with Crippen molar-refractivity contribution in [2.75, 3.05) is 16.8 Å². The smallest absolute Gasteiger partial charge is 0.395 e. The van der Waals surface area contributed by atoms with Crippen LogP contribution in [0.1, 0.15) is 33.1 Å². The van der Waals surface area contributed by atoms with Crippen molar-refractivity contribution in [3.8, 4) is 11.5 Å². The summed E-state index contributed by atoms with van der Waals surface area (Å²) in [6.45, 7) is -1.39. The molecular weight excluding hydrogens is 591 g/mol. The van der Waals surface area contributed by atoms with Gasteiger partial charge in [0, 0.05) is 27.8 Å². The largest absolute Gasteiger partial charge is 0.586 e.